The van der Waals surface area contributed by atoms with Crippen molar-refractivity contribution in [2.45, 2.75) is 6.92 Å². The van der Waals surface area contributed by atoms with Crippen molar-refractivity contribution in [2.75, 3.05) is 5.32 Å². The smallest absolute Gasteiger partial charge is 0.129 e. The van der Waals surface area contributed by atoms with Gasteiger partial charge in [0.25, 0.3) is 0 Å². The second kappa shape index (κ2) is 6.65. The summed E-state index contributed by atoms with van der Waals surface area (Å²) in [6.45, 7) is 2.01. The van der Waals surface area contributed by atoms with Gasteiger partial charge < -0.3 is 10.1 Å². The largest absolute Gasteiger partial charge is 0.457 e. The molecule has 0 atom stereocenters. The SMILES string of the molecule is Cc1cc(Nc2cccc(Oc3ccccc3)c2)c2ccccc2n1. The van der Waals surface area contributed by atoms with E-state index in [1.165, 1.54) is 0 Å². The lowest BCUT2D eigenvalue weighted by Gasteiger charge is -2.12. The summed E-state index contributed by atoms with van der Waals surface area (Å²) in [6.07, 6.45) is 0. The Morgan fingerprint density at radius 1 is 0.760 bits per heavy atom. The third-order valence-corrected chi connectivity index (χ3v) is 3.94. The van der Waals surface area contributed by atoms with Crippen LogP contribution in [0.2, 0.25) is 0 Å². The van der Waals surface area contributed by atoms with Gasteiger partial charge in [-0.3, -0.25) is 4.98 Å². The van der Waals surface area contributed by atoms with Gasteiger partial charge >= 0.3 is 0 Å². The number of pyridine rings is 1. The van der Waals surface area contributed by atoms with Gasteiger partial charge in [0.2, 0.25) is 0 Å². The molecule has 1 N–H and O–H groups in total. The lowest BCUT2D eigenvalue weighted by molar-refractivity contribution is 0.483. The first kappa shape index (κ1) is 15.2. The molecule has 0 saturated carbocycles. The van der Waals surface area contributed by atoms with Crippen molar-refractivity contribution in [3.8, 4) is 11.5 Å². The van der Waals surface area contributed by atoms with E-state index in [1.807, 2.05) is 79.7 Å². The van der Waals surface area contributed by atoms with E-state index < -0.39 is 0 Å². The predicted octanol–water partition coefficient (Wildman–Crippen LogP) is 6.08. The van der Waals surface area contributed by atoms with Crippen LogP contribution in [-0.4, -0.2) is 4.98 Å². The van der Waals surface area contributed by atoms with E-state index in [0.717, 1.165) is 39.5 Å². The van der Waals surface area contributed by atoms with Crippen molar-refractivity contribution in [3.05, 3.63) is 90.6 Å². The van der Waals surface area contributed by atoms with Crippen LogP contribution < -0.4 is 10.1 Å². The Morgan fingerprint density at radius 2 is 1.52 bits per heavy atom. The summed E-state index contributed by atoms with van der Waals surface area (Å²) in [6, 6.07) is 28.0. The normalized spacial score (nSPS) is 10.6. The van der Waals surface area contributed by atoms with E-state index in [2.05, 4.69) is 22.4 Å². The van der Waals surface area contributed by atoms with Crippen LogP contribution in [0.1, 0.15) is 5.69 Å². The topological polar surface area (TPSA) is 34.1 Å². The lowest BCUT2D eigenvalue weighted by Crippen LogP contribution is -1.95. The fraction of sp³-hybridized carbons (Fsp3) is 0.0455. The van der Waals surface area contributed by atoms with E-state index in [-0.39, 0.29) is 0 Å². The number of aryl methyl sites for hydroxylation is 1. The molecule has 0 radical (unpaired) electrons. The minimum Gasteiger partial charge on any atom is -0.457 e. The highest BCUT2D eigenvalue weighted by Crippen LogP contribution is 2.29. The average Bonchev–Trinajstić information content (AvgIpc) is 2.63. The molecular weight excluding hydrogens is 308 g/mol. The molecule has 122 valence electrons. The van der Waals surface area contributed by atoms with Gasteiger partial charge in [0.15, 0.2) is 0 Å². The van der Waals surface area contributed by atoms with Gasteiger partial charge in [-0.25, -0.2) is 0 Å². The Labute approximate surface area is 146 Å². The van der Waals surface area contributed by atoms with Crippen LogP contribution in [0, 0.1) is 6.92 Å². The third kappa shape index (κ3) is 3.45. The average molecular weight is 326 g/mol. The lowest BCUT2D eigenvalue weighted by atomic mass is 10.1. The monoisotopic (exact) mass is 326 g/mol. The summed E-state index contributed by atoms with van der Waals surface area (Å²) >= 11 is 0. The highest BCUT2D eigenvalue weighted by molar-refractivity contribution is 5.93. The van der Waals surface area contributed by atoms with E-state index >= 15 is 0 Å². The first-order valence-electron chi connectivity index (χ1n) is 8.24. The van der Waals surface area contributed by atoms with Crippen molar-refractivity contribution >= 4 is 22.3 Å². The summed E-state index contributed by atoms with van der Waals surface area (Å²) in [4.78, 5) is 4.59. The molecule has 0 aliphatic heterocycles. The molecule has 3 aromatic carbocycles. The van der Waals surface area contributed by atoms with Crippen LogP contribution >= 0.6 is 0 Å². The number of ether oxygens (including phenoxy) is 1. The van der Waals surface area contributed by atoms with E-state index in [4.69, 9.17) is 4.74 Å². The number of rotatable bonds is 4. The molecule has 0 bridgehead atoms. The molecule has 0 fully saturated rings. The summed E-state index contributed by atoms with van der Waals surface area (Å²) in [5.41, 5.74) is 3.99. The molecule has 0 saturated heterocycles. The van der Waals surface area contributed by atoms with Gasteiger partial charge in [-0.1, -0.05) is 42.5 Å². The second-order valence-corrected chi connectivity index (χ2v) is 5.90. The Bertz CT molecular complexity index is 1010. The van der Waals surface area contributed by atoms with E-state index in [0.29, 0.717) is 0 Å². The van der Waals surface area contributed by atoms with Crippen LogP contribution in [0.15, 0.2) is 84.9 Å². The number of anilines is 2. The maximum Gasteiger partial charge on any atom is 0.129 e. The minimum atomic E-state index is 0.797. The van der Waals surface area contributed by atoms with Crippen molar-refractivity contribution < 1.29 is 4.74 Å². The molecule has 1 heterocycles. The Balaban J connectivity index is 1.64. The summed E-state index contributed by atoms with van der Waals surface area (Å²) < 4.78 is 5.92. The van der Waals surface area contributed by atoms with Gasteiger partial charge in [0, 0.05) is 28.5 Å². The Morgan fingerprint density at radius 3 is 2.40 bits per heavy atom. The van der Waals surface area contributed by atoms with Crippen LogP contribution in [-0.2, 0) is 0 Å². The zero-order chi connectivity index (χ0) is 17.1. The molecule has 0 spiro atoms. The van der Waals surface area contributed by atoms with E-state index in [9.17, 15) is 0 Å². The number of nitrogens with one attached hydrogen (secondary N) is 1. The van der Waals surface area contributed by atoms with Crippen LogP contribution in [0.25, 0.3) is 10.9 Å². The molecular formula is C22H18N2O. The summed E-state index contributed by atoms with van der Waals surface area (Å²) in [7, 11) is 0. The van der Waals surface area contributed by atoms with Crippen LogP contribution in [0.4, 0.5) is 11.4 Å². The van der Waals surface area contributed by atoms with Crippen molar-refractivity contribution in [1.29, 1.82) is 0 Å². The number of hydrogen-bond acceptors (Lipinski definition) is 3. The molecule has 0 amide bonds. The van der Waals surface area contributed by atoms with Gasteiger partial charge in [-0.15, -0.1) is 0 Å². The molecule has 4 rings (SSSR count). The molecule has 3 nitrogen and oxygen atoms in total. The summed E-state index contributed by atoms with van der Waals surface area (Å²) in [5.74, 6) is 1.62. The molecule has 0 aliphatic rings. The van der Waals surface area contributed by atoms with Crippen LogP contribution in [0.3, 0.4) is 0 Å². The number of para-hydroxylation sites is 2. The quantitative estimate of drug-likeness (QED) is 0.493. The number of hydrogen-bond donors (Lipinski definition) is 1. The van der Waals surface area contributed by atoms with Gasteiger partial charge in [0.1, 0.15) is 11.5 Å². The second-order valence-electron chi connectivity index (χ2n) is 5.90. The number of aromatic nitrogens is 1. The Hall–Kier alpha value is -3.33. The fourth-order valence-corrected chi connectivity index (χ4v) is 2.83. The van der Waals surface area contributed by atoms with Gasteiger partial charge in [-0.05, 0) is 43.3 Å². The zero-order valence-corrected chi connectivity index (χ0v) is 13.9. The number of nitrogens with zero attached hydrogens (tertiary/aromatic N) is 1. The minimum absolute atomic E-state index is 0.797. The number of fused-ring (bicyclic) bond motifs is 1. The first-order chi connectivity index (χ1) is 12.3. The molecule has 1 aromatic heterocycles. The van der Waals surface area contributed by atoms with Crippen molar-refractivity contribution in [2.24, 2.45) is 0 Å². The maximum atomic E-state index is 5.92. The molecule has 4 aromatic rings. The maximum absolute atomic E-state index is 5.92. The first-order valence-corrected chi connectivity index (χ1v) is 8.24. The molecule has 0 unspecified atom stereocenters. The Kier molecular flexibility index (Phi) is 4.05. The highest BCUT2D eigenvalue weighted by Gasteiger charge is 2.05. The summed E-state index contributed by atoms with van der Waals surface area (Å²) in [5, 5.41) is 4.59. The zero-order valence-electron chi connectivity index (χ0n) is 13.9. The standard InChI is InChI=1S/C22H18N2O/c1-16-14-22(20-12-5-6-13-21(20)23-16)24-17-8-7-11-19(15-17)25-18-9-3-2-4-10-18/h2-15H,1H3,(H,23,24). The molecule has 3 heteroatoms. The third-order valence-electron chi connectivity index (χ3n) is 3.94. The molecule has 25 heavy (non-hydrogen) atoms. The molecule has 0 aliphatic carbocycles. The van der Waals surface area contributed by atoms with E-state index in [1.54, 1.807) is 0 Å². The fourth-order valence-electron chi connectivity index (χ4n) is 2.83. The van der Waals surface area contributed by atoms with Gasteiger partial charge in [0.05, 0.1) is 5.52 Å². The predicted molar refractivity (Wildman–Crippen MR) is 103 cm³/mol. The van der Waals surface area contributed by atoms with Crippen molar-refractivity contribution in [1.82, 2.24) is 4.98 Å². The van der Waals surface area contributed by atoms with Crippen molar-refractivity contribution in [3.63, 3.8) is 0 Å². The highest BCUT2D eigenvalue weighted by atomic mass is 16.5. The van der Waals surface area contributed by atoms with Crippen LogP contribution in [0.5, 0.6) is 11.5 Å². The number of benzene rings is 3. The van der Waals surface area contributed by atoms with Gasteiger partial charge in [-0.2, -0.15) is 0 Å².